The van der Waals surface area contributed by atoms with E-state index in [1.165, 1.54) is 6.42 Å². The number of ether oxygens (including phenoxy) is 1. The van der Waals surface area contributed by atoms with E-state index in [1.807, 2.05) is 83.8 Å². The number of hydrogen-bond donors (Lipinski definition) is 0. The highest BCUT2D eigenvalue weighted by Gasteiger charge is 2.54. The van der Waals surface area contributed by atoms with Crippen LogP contribution in [-0.2, 0) is 16.0 Å². The van der Waals surface area contributed by atoms with E-state index in [9.17, 15) is 4.79 Å². The lowest BCUT2D eigenvalue weighted by Crippen LogP contribution is -2.53. The monoisotopic (exact) mass is 424 g/mol. The maximum Gasteiger partial charge on any atom is 0.255 e. The number of amides is 1. The first kappa shape index (κ1) is 20.5. The van der Waals surface area contributed by atoms with Gasteiger partial charge in [0, 0.05) is 25.1 Å². The zero-order valence-electron chi connectivity index (χ0n) is 18.2. The number of carbonyl (C=O) groups is 1. The van der Waals surface area contributed by atoms with Crippen LogP contribution in [0.1, 0.15) is 42.1 Å². The SMILES string of the molecule is O=C(N1CCCCC1)[C@@]1(Cc2ccccc2)N=C(c2ccccc2)O[C@H]1c1ccccc1. The predicted octanol–water partition coefficient (Wildman–Crippen LogP) is 5.20. The molecule has 32 heavy (non-hydrogen) atoms. The fourth-order valence-corrected chi connectivity index (χ4v) is 4.81. The molecule has 0 saturated carbocycles. The molecule has 0 aliphatic carbocycles. The zero-order chi connectivity index (χ0) is 21.8. The number of rotatable bonds is 5. The molecule has 2 aliphatic heterocycles. The van der Waals surface area contributed by atoms with Gasteiger partial charge in [-0.2, -0.15) is 0 Å². The fourth-order valence-electron chi connectivity index (χ4n) is 4.81. The van der Waals surface area contributed by atoms with Gasteiger partial charge >= 0.3 is 0 Å². The van der Waals surface area contributed by atoms with Gasteiger partial charge in [0.05, 0.1) is 0 Å². The molecule has 1 saturated heterocycles. The second kappa shape index (κ2) is 8.99. The van der Waals surface area contributed by atoms with Crippen LogP contribution >= 0.6 is 0 Å². The van der Waals surface area contributed by atoms with Crippen molar-refractivity contribution in [3.05, 3.63) is 108 Å². The van der Waals surface area contributed by atoms with Gasteiger partial charge in [-0.1, -0.05) is 78.9 Å². The maximum atomic E-state index is 14.2. The highest BCUT2D eigenvalue weighted by Crippen LogP contribution is 2.43. The lowest BCUT2D eigenvalue weighted by Gasteiger charge is -2.37. The number of hydrogen-bond acceptors (Lipinski definition) is 3. The third kappa shape index (κ3) is 3.93. The summed E-state index contributed by atoms with van der Waals surface area (Å²) < 4.78 is 6.54. The quantitative estimate of drug-likeness (QED) is 0.565. The molecule has 162 valence electrons. The molecule has 0 spiro atoms. The van der Waals surface area contributed by atoms with Crippen LogP contribution in [-0.4, -0.2) is 35.3 Å². The highest BCUT2D eigenvalue weighted by atomic mass is 16.5. The Morgan fingerprint density at radius 1 is 0.844 bits per heavy atom. The van der Waals surface area contributed by atoms with Gasteiger partial charge in [0.25, 0.3) is 5.91 Å². The summed E-state index contributed by atoms with van der Waals surface area (Å²) >= 11 is 0. The van der Waals surface area contributed by atoms with E-state index in [1.54, 1.807) is 0 Å². The van der Waals surface area contributed by atoms with Crippen molar-refractivity contribution in [1.29, 1.82) is 0 Å². The first-order valence-electron chi connectivity index (χ1n) is 11.5. The van der Waals surface area contributed by atoms with Crippen LogP contribution in [0.2, 0.25) is 0 Å². The van der Waals surface area contributed by atoms with Crippen LogP contribution in [0.15, 0.2) is 96.0 Å². The van der Waals surface area contributed by atoms with Gasteiger partial charge in [0.15, 0.2) is 11.6 Å². The summed E-state index contributed by atoms with van der Waals surface area (Å²) in [5, 5.41) is 0. The normalized spacial score (nSPS) is 22.8. The molecule has 2 aliphatic rings. The fraction of sp³-hybridized carbons (Fsp3) is 0.286. The minimum Gasteiger partial charge on any atom is -0.466 e. The molecule has 3 aromatic rings. The van der Waals surface area contributed by atoms with Gasteiger partial charge in [-0.05, 0) is 42.5 Å². The maximum absolute atomic E-state index is 14.2. The number of nitrogens with zero attached hydrogens (tertiary/aromatic N) is 2. The summed E-state index contributed by atoms with van der Waals surface area (Å²) in [4.78, 5) is 21.4. The molecule has 0 N–H and O–H groups in total. The minimum atomic E-state index is -1.04. The second-order valence-corrected chi connectivity index (χ2v) is 8.63. The number of benzene rings is 3. The van der Waals surface area contributed by atoms with Crippen molar-refractivity contribution in [2.75, 3.05) is 13.1 Å². The zero-order valence-corrected chi connectivity index (χ0v) is 18.2. The van der Waals surface area contributed by atoms with Crippen LogP contribution in [0, 0.1) is 0 Å². The topological polar surface area (TPSA) is 41.9 Å². The van der Waals surface area contributed by atoms with E-state index in [0.717, 1.165) is 42.6 Å². The average Bonchev–Trinajstić information content (AvgIpc) is 3.26. The summed E-state index contributed by atoms with van der Waals surface area (Å²) in [6.45, 7) is 1.57. The first-order valence-corrected chi connectivity index (χ1v) is 11.5. The van der Waals surface area contributed by atoms with E-state index < -0.39 is 11.6 Å². The van der Waals surface area contributed by atoms with Crippen molar-refractivity contribution in [2.45, 2.75) is 37.3 Å². The third-order valence-corrected chi connectivity index (χ3v) is 6.42. The largest absolute Gasteiger partial charge is 0.466 e. The Morgan fingerprint density at radius 3 is 2.09 bits per heavy atom. The summed E-state index contributed by atoms with van der Waals surface area (Å²) in [5.41, 5.74) is 1.92. The molecule has 4 heteroatoms. The molecule has 1 fully saturated rings. The number of carbonyl (C=O) groups excluding carboxylic acids is 1. The van der Waals surface area contributed by atoms with Gasteiger partial charge in [-0.3, -0.25) is 4.79 Å². The predicted molar refractivity (Wildman–Crippen MR) is 127 cm³/mol. The summed E-state index contributed by atoms with van der Waals surface area (Å²) in [7, 11) is 0. The van der Waals surface area contributed by atoms with Gasteiger partial charge in [0.1, 0.15) is 0 Å². The number of piperidine rings is 1. The molecule has 5 rings (SSSR count). The van der Waals surface area contributed by atoms with Crippen molar-refractivity contribution in [2.24, 2.45) is 4.99 Å². The lowest BCUT2D eigenvalue weighted by atomic mass is 9.81. The van der Waals surface area contributed by atoms with E-state index in [-0.39, 0.29) is 5.91 Å². The van der Waals surface area contributed by atoms with Crippen LogP contribution in [0.3, 0.4) is 0 Å². The molecular formula is C28H28N2O2. The Labute approximate surface area is 189 Å². The van der Waals surface area contributed by atoms with Crippen molar-refractivity contribution < 1.29 is 9.53 Å². The van der Waals surface area contributed by atoms with E-state index in [0.29, 0.717) is 12.3 Å². The first-order chi connectivity index (χ1) is 15.8. The molecular weight excluding hydrogens is 396 g/mol. The van der Waals surface area contributed by atoms with Crippen molar-refractivity contribution >= 4 is 11.8 Å². The van der Waals surface area contributed by atoms with E-state index >= 15 is 0 Å². The molecule has 0 radical (unpaired) electrons. The van der Waals surface area contributed by atoms with Crippen LogP contribution in [0.5, 0.6) is 0 Å². The number of aliphatic imine (C=N–C) groups is 1. The highest BCUT2D eigenvalue weighted by molar-refractivity contribution is 6.01. The van der Waals surface area contributed by atoms with Gasteiger partial charge < -0.3 is 9.64 Å². The summed E-state index contributed by atoms with van der Waals surface area (Å²) in [5.74, 6) is 0.613. The van der Waals surface area contributed by atoms with Crippen molar-refractivity contribution in [1.82, 2.24) is 4.90 Å². The van der Waals surface area contributed by atoms with Gasteiger partial charge in [-0.15, -0.1) is 0 Å². The summed E-state index contributed by atoms with van der Waals surface area (Å²) in [6, 6.07) is 30.2. The summed E-state index contributed by atoms with van der Waals surface area (Å²) in [6.07, 6.45) is 3.28. The Bertz CT molecular complexity index is 1080. The molecule has 2 atom stereocenters. The van der Waals surface area contributed by atoms with Crippen molar-refractivity contribution in [3.8, 4) is 0 Å². The third-order valence-electron chi connectivity index (χ3n) is 6.42. The molecule has 2 heterocycles. The van der Waals surface area contributed by atoms with E-state index in [2.05, 4.69) is 12.1 Å². The molecule has 4 nitrogen and oxygen atoms in total. The molecule has 0 aromatic heterocycles. The lowest BCUT2D eigenvalue weighted by molar-refractivity contribution is -0.140. The molecule has 1 amide bonds. The minimum absolute atomic E-state index is 0.0702. The number of likely N-dealkylation sites (tertiary alicyclic amines) is 1. The van der Waals surface area contributed by atoms with Crippen molar-refractivity contribution in [3.63, 3.8) is 0 Å². The van der Waals surface area contributed by atoms with Gasteiger partial charge in [0.2, 0.25) is 5.90 Å². The van der Waals surface area contributed by atoms with Crippen LogP contribution in [0.25, 0.3) is 0 Å². The Balaban J connectivity index is 1.65. The van der Waals surface area contributed by atoms with Gasteiger partial charge in [-0.25, -0.2) is 4.99 Å². The Morgan fingerprint density at radius 2 is 1.44 bits per heavy atom. The smallest absolute Gasteiger partial charge is 0.255 e. The van der Waals surface area contributed by atoms with E-state index in [4.69, 9.17) is 9.73 Å². The van der Waals surface area contributed by atoms with Crippen LogP contribution < -0.4 is 0 Å². The molecule has 0 unspecified atom stereocenters. The average molecular weight is 425 g/mol. The second-order valence-electron chi connectivity index (χ2n) is 8.63. The molecule has 3 aromatic carbocycles. The Kier molecular flexibility index (Phi) is 5.76. The van der Waals surface area contributed by atoms with Crippen LogP contribution in [0.4, 0.5) is 0 Å². The molecule has 0 bridgehead atoms. The standard InChI is InChI=1S/C28H28N2O2/c31-27(30-19-11-4-12-20-30)28(21-22-13-5-1-6-14-22)25(23-15-7-2-8-16-23)32-26(29-28)24-17-9-3-10-18-24/h1-3,5-10,13-18,25H,4,11-12,19-21H2/t25-,28-/m0/s1. The Hall–Kier alpha value is -3.40.